The van der Waals surface area contributed by atoms with Gasteiger partial charge in [0.15, 0.2) is 0 Å². The average Bonchev–Trinajstić information content (AvgIpc) is 2.13. The van der Waals surface area contributed by atoms with Gasteiger partial charge < -0.3 is 5.73 Å². The Kier molecular flexibility index (Phi) is 5.72. The molecule has 0 saturated heterocycles. The van der Waals surface area contributed by atoms with Crippen molar-refractivity contribution in [2.75, 3.05) is 19.6 Å². The van der Waals surface area contributed by atoms with E-state index in [1.165, 1.54) is 0 Å². The van der Waals surface area contributed by atoms with Crippen LogP contribution < -0.4 is 15.2 Å². The normalized spacial score (nSPS) is 13.5. The molecular weight excluding hydrogens is 214 g/mol. The first-order chi connectivity index (χ1) is 6.68. The van der Waals surface area contributed by atoms with E-state index < -0.39 is 10.2 Å². The number of hydrogen-bond donors (Lipinski definition) is 3. The minimum Gasteiger partial charge on any atom is -0.330 e. The molecule has 0 radical (unpaired) electrons. The molecule has 0 saturated carbocycles. The Labute approximate surface area is 93.0 Å². The third-order valence-electron chi connectivity index (χ3n) is 1.97. The lowest BCUT2D eigenvalue weighted by atomic mass is 9.95. The van der Waals surface area contributed by atoms with Crippen molar-refractivity contribution in [1.82, 2.24) is 9.44 Å². The summed E-state index contributed by atoms with van der Waals surface area (Å²) < 4.78 is 27.8. The van der Waals surface area contributed by atoms with Gasteiger partial charge in [-0.05, 0) is 17.9 Å². The molecular formula is C9H23N3O2S. The van der Waals surface area contributed by atoms with E-state index in [2.05, 4.69) is 9.44 Å². The van der Waals surface area contributed by atoms with Crippen molar-refractivity contribution in [3.63, 3.8) is 0 Å². The van der Waals surface area contributed by atoms with Gasteiger partial charge in [-0.15, -0.1) is 0 Å². The second-order valence-electron chi connectivity index (χ2n) is 4.94. The van der Waals surface area contributed by atoms with E-state index in [4.69, 9.17) is 5.73 Å². The van der Waals surface area contributed by atoms with Gasteiger partial charge in [-0.2, -0.15) is 8.42 Å². The summed E-state index contributed by atoms with van der Waals surface area (Å²) in [5, 5.41) is 0. The van der Waals surface area contributed by atoms with Crippen LogP contribution in [0.25, 0.3) is 0 Å². The topological polar surface area (TPSA) is 84.2 Å². The Morgan fingerprint density at radius 1 is 1.27 bits per heavy atom. The van der Waals surface area contributed by atoms with E-state index in [0.717, 1.165) is 0 Å². The predicted molar refractivity (Wildman–Crippen MR) is 62.6 cm³/mol. The van der Waals surface area contributed by atoms with Gasteiger partial charge in [0.2, 0.25) is 0 Å². The fourth-order valence-corrected chi connectivity index (χ4v) is 1.93. The summed E-state index contributed by atoms with van der Waals surface area (Å²) in [5.41, 5.74) is 5.29. The van der Waals surface area contributed by atoms with E-state index in [-0.39, 0.29) is 5.41 Å². The number of hydrogen-bond acceptors (Lipinski definition) is 3. The molecule has 4 N–H and O–H groups in total. The van der Waals surface area contributed by atoms with Gasteiger partial charge in [0, 0.05) is 13.1 Å². The maximum Gasteiger partial charge on any atom is 0.276 e. The van der Waals surface area contributed by atoms with Crippen LogP contribution in [0.4, 0.5) is 0 Å². The fourth-order valence-electron chi connectivity index (χ4n) is 0.690. The van der Waals surface area contributed by atoms with E-state index in [0.29, 0.717) is 25.6 Å². The van der Waals surface area contributed by atoms with Gasteiger partial charge in [-0.25, -0.2) is 9.44 Å². The third kappa shape index (κ3) is 7.72. The van der Waals surface area contributed by atoms with Gasteiger partial charge in [-0.1, -0.05) is 27.7 Å². The summed E-state index contributed by atoms with van der Waals surface area (Å²) in [5.74, 6) is 0.295. The first kappa shape index (κ1) is 14.8. The zero-order valence-corrected chi connectivity index (χ0v) is 10.8. The van der Waals surface area contributed by atoms with E-state index in [1.54, 1.807) is 0 Å². The molecule has 0 aromatic carbocycles. The van der Waals surface area contributed by atoms with Crippen molar-refractivity contribution >= 4 is 10.2 Å². The molecule has 0 unspecified atom stereocenters. The quantitative estimate of drug-likeness (QED) is 0.585. The molecule has 0 heterocycles. The Morgan fingerprint density at radius 2 is 1.80 bits per heavy atom. The largest absolute Gasteiger partial charge is 0.330 e. The molecule has 0 bridgehead atoms. The number of nitrogens with two attached hydrogens (primary N) is 1. The molecule has 0 atom stereocenters. The number of rotatable bonds is 7. The first-order valence-corrected chi connectivity index (χ1v) is 6.61. The van der Waals surface area contributed by atoms with Crippen molar-refractivity contribution < 1.29 is 8.42 Å². The third-order valence-corrected chi connectivity index (χ3v) is 3.05. The summed E-state index contributed by atoms with van der Waals surface area (Å²) in [6, 6.07) is 0. The predicted octanol–water partition coefficient (Wildman–Crippen LogP) is 0.0513. The van der Waals surface area contributed by atoms with Crippen LogP contribution in [-0.4, -0.2) is 28.1 Å². The van der Waals surface area contributed by atoms with Gasteiger partial charge in [0.25, 0.3) is 10.2 Å². The van der Waals surface area contributed by atoms with Gasteiger partial charge in [-0.3, -0.25) is 0 Å². The van der Waals surface area contributed by atoms with Crippen molar-refractivity contribution in [2.24, 2.45) is 17.1 Å². The maximum atomic E-state index is 11.4. The smallest absolute Gasteiger partial charge is 0.276 e. The number of nitrogens with one attached hydrogen (secondary N) is 2. The summed E-state index contributed by atoms with van der Waals surface area (Å²) in [7, 11) is -3.38. The summed E-state index contributed by atoms with van der Waals surface area (Å²) >= 11 is 0. The second-order valence-corrected chi connectivity index (χ2v) is 6.52. The van der Waals surface area contributed by atoms with Crippen LogP contribution in [0.1, 0.15) is 27.7 Å². The highest BCUT2D eigenvalue weighted by Gasteiger charge is 2.19. The van der Waals surface area contributed by atoms with E-state index in [9.17, 15) is 8.42 Å². The van der Waals surface area contributed by atoms with Crippen LogP contribution in [0.15, 0.2) is 0 Å². The SMILES string of the molecule is CC(C)CNS(=O)(=O)NCC(C)(C)CN. The maximum absolute atomic E-state index is 11.4. The molecule has 0 spiro atoms. The minimum atomic E-state index is -3.38. The Bertz CT molecular complexity index is 273. The van der Waals surface area contributed by atoms with Crippen LogP contribution in [0, 0.1) is 11.3 Å². The monoisotopic (exact) mass is 237 g/mol. The van der Waals surface area contributed by atoms with E-state index in [1.807, 2.05) is 27.7 Å². The highest BCUT2D eigenvalue weighted by Crippen LogP contribution is 2.10. The van der Waals surface area contributed by atoms with Crippen LogP contribution in [0.5, 0.6) is 0 Å². The Hall–Kier alpha value is -0.170. The van der Waals surface area contributed by atoms with Crippen molar-refractivity contribution in [2.45, 2.75) is 27.7 Å². The molecule has 0 aliphatic heterocycles. The Balaban J connectivity index is 4.05. The lowest BCUT2D eigenvalue weighted by Gasteiger charge is -2.22. The lowest BCUT2D eigenvalue weighted by molar-refractivity contribution is 0.374. The summed E-state index contributed by atoms with van der Waals surface area (Å²) in [6.45, 7) is 8.96. The summed E-state index contributed by atoms with van der Waals surface area (Å²) in [6.07, 6.45) is 0. The van der Waals surface area contributed by atoms with E-state index >= 15 is 0 Å². The van der Waals surface area contributed by atoms with Crippen LogP contribution >= 0.6 is 0 Å². The Morgan fingerprint density at radius 3 is 2.20 bits per heavy atom. The molecule has 0 amide bonds. The van der Waals surface area contributed by atoms with Crippen molar-refractivity contribution in [3.05, 3.63) is 0 Å². The lowest BCUT2D eigenvalue weighted by Crippen LogP contribution is -2.44. The molecule has 0 aromatic rings. The summed E-state index contributed by atoms with van der Waals surface area (Å²) in [4.78, 5) is 0. The molecule has 0 aliphatic rings. The molecule has 92 valence electrons. The molecule has 0 rings (SSSR count). The zero-order valence-electron chi connectivity index (χ0n) is 10.0. The van der Waals surface area contributed by atoms with Crippen molar-refractivity contribution in [1.29, 1.82) is 0 Å². The molecule has 0 aliphatic carbocycles. The fraction of sp³-hybridized carbons (Fsp3) is 1.00. The first-order valence-electron chi connectivity index (χ1n) is 5.13. The van der Waals surface area contributed by atoms with Gasteiger partial charge in [0.05, 0.1) is 0 Å². The highest BCUT2D eigenvalue weighted by atomic mass is 32.2. The van der Waals surface area contributed by atoms with Gasteiger partial charge >= 0.3 is 0 Å². The molecule has 0 fully saturated rings. The molecule has 0 aromatic heterocycles. The second kappa shape index (κ2) is 5.79. The standard InChI is InChI=1S/C9H23N3O2S/c1-8(2)5-11-15(13,14)12-7-9(3,4)6-10/h8,11-12H,5-7,10H2,1-4H3. The molecule has 6 heteroatoms. The van der Waals surface area contributed by atoms with Gasteiger partial charge in [0.1, 0.15) is 0 Å². The van der Waals surface area contributed by atoms with Crippen LogP contribution in [-0.2, 0) is 10.2 Å². The average molecular weight is 237 g/mol. The van der Waals surface area contributed by atoms with Crippen LogP contribution in [0.3, 0.4) is 0 Å². The zero-order chi connectivity index (χ0) is 12.1. The minimum absolute atomic E-state index is 0.216. The highest BCUT2D eigenvalue weighted by molar-refractivity contribution is 7.87. The molecule has 5 nitrogen and oxygen atoms in total. The molecule has 15 heavy (non-hydrogen) atoms. The van der Waals surface area contributed by atoms with Crippen LogP contribution in [0.2, 0.25) is 0 Å². The van der Waals surface area contributed by atoms with Crippen molar-refractivity contribution in [3.8, 4) is 0 Å².